The summed E-state index contributed by atoms with van der Waals surface area (Å²) in [6.45, 7) is 2.30. The zero-order chi connectivity index (χ0) is 19.8. The molecule has 9 nitrogen and oxygen atoms in total. The molecule has 1 aliphatic heterocycles. The first-order valence-electron chi connectivity index (χ1n) is 9.21. The lowest BCUT2D eigenvalue weighted by molar-refractivity contribution is -0.141. The van der Waals surface area contributed by atoms with Crippen molar-refractivity contribution < 1.29 is 23.1 Å². The second-order valence-corrected chi connectivity index (χ2v) is 9.35. The van der Waals surface area contributed by atoms with E-state index >= 15 is 0 Å². The number of amides is 1. The van der Waals surface area contributed by atoms with E-state index in [1.807, 2.05) is 0 Å². The highest BCUT2D eigenvalue weighted by Gasteiger charge is 2.35. The number of aliphatic carboxylic acids is 1. The average Bonchev–Trinajstić information content (AvgIpc) is 3.22. The van der Waals surface area contributed by atoms with E-state index in [0.29, 0.717) is 37.9 Å². The molecule has 1 aliphatic carbocycles. The quantitative estimate of drug-likeness (QED) is 0.745. The van der Waals surface area contributed by atoms with Crippen molar-refractivity contribution in [1.29, 1.82) is 0 Å². The smallest absolute Gasteiger partial charge is 0.306 e. The number of carboxylic acids is 1. The number of imidazole rings is 1. The van der Waals surface area contributed by atoms with Gasteiger partial charge in [0.1, 0.15) is 5.82 Å². The third kappa shape index (κ3) is 4.16. The van der Waals surface area contributed by atoms with Crippen molar-refractivity contribution in [2.75, 3.05) is 13.1 Å². The monoisotopic (exact) mass is 398 g/mol. The molecule has 0 aromatic carbocycles. The van der Waals surface area contributed by atoms with Gasteiger partial charge in [0.05, 0.1) is 5.92 Å². The van der Waals surface area contributed by atoms with Crippen LogP contribution >= 0.6 is 0 Å². The number of nitrogens with one attached hydrogen (secondary N) is 1. The standard InChI is InChI=1S/C17H26N4O5S/c1-11-18-15(10-20(11)2)27(25,26)21-7-5-12(6-8-21)16(22)19-14-4-3-13(9-14)17(23)24/h10,12-14H,3-9H2,1-2H3,(H,19,22)(H,23,24)/t13-,14+/m0/s1. The molecule has 0 bridgehead atoms. The molecule has 2 aliphatic rings. The number of carbonyl (C=O) groups is 2. The van der Waals surface area contributed by atoms with E-state index in [1.54, 1.807) is 18.5 Å². The van der Waals surface area contributed by atoms with Gasteiger partial charge in [0, 0.05) is 38.3 Å². The highest BCUT2D eigenvalue weighted by atomic mass is 32.2. The molecule has 3 rings (SSSR count). The number of aryl methyl sites for hydroxylation is 2. The Labute approximate surface area is 158 Å². The summed E-state index contributed by atoms with van der Waals surface area (Å²) in [5, 5.41) is 12.0. The minimum Gasteiger partial charge on any atom is -0.481 e. The van der Waals surface area contributed by atoms with Crippen molar-refractivity contribution in [3.63, 3.8) is 0 Å². The zero-order valence-corrected chi connectivity index (χ0v) is 16.4. The van der Waals surface area contributed by atoms with Crippen molar-refractivity contribution in [2.24, 2.45) is 18.9 Å². The lowest BCUT2D eigenvalue weighted by atomic mass is 9.96. The number of carboxylic acid groups (broad SMARTS) is 1. The Balaban J connectivity index is 1.54. The van der Waals surface area contributed by atoms with E-state index in [1.165, 1.54) is 10.5 Å². The van der Waals surface area contributed by atoms with Gasteiger partial charge in [-0.1, -0.05) is 0 Å². The first kappa shape index (κ1) is 19.8. The van der Waals surface area contributed by atoms with Crippen LogP contribution in [-0.4, -0.2) is 58.4 Å². The Kier molecular flexibility index (Phi) is 5.57. The number of piperidine rings is 1. The molecule has 2 N–H and O–H groups in total. The number of hydrogen-bond donors (Lipinski definition) is 2. The number of rotatable bonds is 5. The van der Waals surface area contributed by atoms with Crippen molar-refractivity contribution in [1.82, 2.24) is 19.2 Å². The second kappa shape index (κ2) is 7.59. The van der Waals surface area contributed by atoms with Gasteiger partial charge in [-0.2, -0.15) is 4.31 Å². The third-order valence-corrected chi connectivity index (χ3v) is 7.41. The molecule has 10 heteroatoms. The van der Waals surface area contributed by atoms with Crippen molar-refractivity contribution in [2.45, 2.75) is 50.1 Å². The maximum absolute atomic E-state index is 12.7. The molecule has 1 amide bonds. The lowest BCUT2D eigenvalue weighted by Gasteiger charge is -2.30. The minimum absolute atomic E-state index is 0.0380. The number of carbonyl (C=O) groups excluding carboxylic acids is 1. The Morgan fingerprint density at radius 1 is 1.19 bits per heavy atom. The van der Waals surface area contributed by atoms with E-state index < -0.39 is 16.0 Å². The van der Waals surface area contributed by atoms with E-state index in [4.69, 9.17) is 5.11 Å². The Morgan fingerprint density at radius 2 is 1.85 bits per heavy atom. The largest absolute Gasteiger partial charge is 0.481 e. The Hall–Kier alpha value is -1.94. The molecule has 2 fully saturated rings. The van der Waals surface area contributed by atoms with Crippen molar-refractivity contribution >= 4 is 21.9 Å². The lowest BCUT2D eigenvalue weighted by Crippen LogP contribution is -2.45. The molecular weight excluding hydrogens is 372 g/mol. The van der Waals surface area contributed by atoms with Crippen LogP contribution in [0, 0.1) is 18.8 Å². The maximum Gasteiger partial charge on any atom is 0.306 e. The summed E-state index contributed by atoms with van der Waals surface area (Å²) < 4.78 is 28.5. The predicted octanol–water partition coefficient (Wildman–Crippen LogP) is 0.499. The molecule has 27 heavy (non-hydrogen) atoms. The highest BCUT2D eigenvalue weighted by molar-refractivity contribution is 7.89. The van der Waals surface area contributed by atoms with Gasteiger partial charge < -0.3 is 15.0 Å². The van der Waals surface area contributed by atoms with Gasteiger partial charge in [0.15, 0.2) is 5.03 Å². The average molecular weight is 398 g/mol. The summed E-state index contributed by atoms with van der Waals surface area (Å²) in [5.74, 6) is -0.916. The van der Waals surface area contributed by atoms with Gasteiger partial charge in [-0.15, -0.1) is 0 Å². The SMILES string of the molecule is Cc1nc(S(=O)(=O)N2CCC(C(=O)N[C@@H]3CC[C@H](C(=O)O)C3)CC2)cn1C. The molecule has 1 aromatic rings. The van der Waals surface area contributed by atoms with Gasteiger partial charge in [0.2, 0.25) is 5.91 Å². The van der Waals surface area contributed by atoms with Crippen LogP contribution < -0.4 is 5.32 Å². The van der Waals surface area contributed by atoms with Crippen LogP contribution in [0.4, 0.5) is 0 Å². The fraction of sp³-hybridized carbons (Fsp3) is 0.706. The van der Waals surface area contributed by atoms with Crippen LogP contribution in [-0.2, 0) is 26.7 Å². The minimum atomic E-state index is -3.65. The molecular formula is C17H26N4O5S. The molecule has 0 radical (unpaired) electrons. The molecule has 0 unspecified atom stereocenters. The van der Waals surface area contributed by atoms with Gasteiger partial charge in [-0.05, 0) is 39.0 Å². The summed E-state index contributed by atoms with van der Waals surface area (Å²) in [5.41, 5.74) is 0. The summed E-state index contributed by atoms with van der Waals surface area (Å²) in [7, 11) is -1.90. The first-order chi connectivity index (χ1) is 12.7. The van der Waals surface area contributed by atoms with Crippen LogP contribution in [0.5, 0.6) is 0 Å². The maximum atomic E-state index is 12.7. The van der Waals surface area contributed by atoms with Crippen LogP contribution in [0.15, 0.2) is 11.2 Å². The van der Waals surface area contributed by atoms with E-state index in [9.17, 15) is 18.0 Å². The number of aromatic nitrogens is 2. The Bertz CT molecular complexity index is 807. The predicted molar refractivity (Wildman–Crippen MR) is 96.3 cm³/mol. The highest BCUT2D eigenvalue weighted by Crippen LogP contribution is 2.27. The topological polar surface area (TPSA) is 122 Å². The summed E-state index contributed by atoms with van der Waals surface area (Å²) in [6, 6.07) is -0.100. The number of nitrogens with zero attached hydrogens (tertiary/aromatic N) is 3. The third-order valence-electron chi connectivity index (χ3n) is 5.64. The van der Waals surface area contributed by atoms with Crippen molar-refractivity contribution in [3.05, 3.63) is 12.0 Å². The molecule has 150 valence electrons. The van der Waals surface area contributed by atoms with Crippen LogP contribution in [0.2, 0.25) is 0 Å². The van der Waals surface area contributed by atoms with E-state index in [2.05, 4.69) is 10.3 Å². The van der Waals surface area contributed by atoms with Crippen LogP contribution in [0.1, 0.15) is 37.9 Å². The normalized spacial score (nSPS) is 24.8. The Morgan fingerprint density at radius 3 is 2.37 bits per heavy atom. The van der Waals surface area contributed by atoms with Gasteiger partial charge in [-0.3, -0.25) is 9.59 Å². The fourth-order valence-electron chi connectivity index (χ4n) is 3.80. The number of sulfonamides is 1. The van der Waals surface area contributed by atoms with E-state index in [0.717, 1.165) is 0 Å². The zero-order valence-electron chi connectivity index (χ0n) is 15.6. The van der Waals surface area contributed by atoms with Gasteiger partial charge in [-0.25, -0.2) is 13.4 Å². The molecule has 1 aromatic heterocycles. The number of hydrogen-bond acceptors (Lipinski definition) is 5. The van der Waals surface area contributed by atoms with Crippen LogP contribution in [0.3, 0.4) is 0 Å². The van der Waals surface area contributed by atoms with Crippen LogP contribution in [0.25, 0.3) is 0 Å². The molecule has 1 saturated heterocycles. The van der Waals surface area contributed by atoms with E-state index in [-0.39, 0.29) is 41.9 Å². The summed E-state index contributed by atoms with van der Waals surface area (Å²) >= 11 is 0. The molecule has 2 atom stereocenters. The van der Waals surface area contributed by atoms with Crippen molar-refractivity contribution in [3.8, 4) is 0 Å². The summed E-state index contributed by atoms with van der Waals surface area (Å²) in [4.78, 5) is 27.6. The molecule has 0 spiro atoms. The second-order valence-electron chi connectivity index (χ2n) is 7.47. The van der Waals surface area contributed by atoms with Gasteiger partial charge >= 0.3 is 5.97 Å². The molecule has 1 saturated carbocycles. The molecule has 2 heterocycles. The van der Waals surface area contributed by atoms with Gasteiger partial charge in [0.25, 0.3) is 10.0 Å². The fourth-order valence-corrected chi connectivity index (χ4v) is 5.29. The summed E-state index contributed by atoms with van der Waals surface area (Å²) in [6.07, 6.45) is 4.13. The first-order valence-corrected chi connectivity index (χ1v) is 10.7.